The van der Waals surface area contributed by atoms with E-state index >= 15 is 0 Å². The van der Waals surface area contributed by atoms with Crippen LogP contribution in [0.5, 0.6) is 0 Å². The molecule has 13 heavy (non-hydrogen) atoms. The van der Waals surface area contributed by atoms with Gasteiger partial charge in [0.15, 0.2) is 0 Å². The lowest BCUT2D eigenvalue weighted by molar-refractivity contribution is 0.406. The molecule has 0 saturated heterocycles. The van der Waals surface area contributed by atoms with Crippen molar-refractivity contribution in [3.63, 3.8) is 0 Å². The van der Waals surface area contributed by atoms with Gasteiger partial charge < -0.3 is 5.32 Å². The van der Waals surface area contributed by atoms with Crippen molar-refractivity contribution in [1.82, 2.24) is 5.32 Å². The minimum absolute atomic E-state index is 0.819. The number of hydrogen-bond acceptors (Lipinski definition) is 1. The maximum atomic E-state index is 3.08. The van der Waals surface area contributed by atoms with Crippen LogP contribution in [0.15, 0.2) is 11.7 Å². The Kier molecular flexibility index (Phi) is 6.84. The second-order valence-electron chi connectivity index (χ2n) is 4.34. The molecule has 1 unspecified atom stereocenters. The molecule has 0 amide bonds. The Morgan fingerprint density at radius 2 is 2.00 bits per heavy atom. The Morgan fingerprint density at radius 3 is 2.46 bits per heavy atom. The summed E-state index contributed by atoms with van der Waals surface area (Å²) in [5.41, 5.74) is 1.46. The van der Waals surface area contributed by atoms with E-state index in [1.165, 1.54) is 24.7 Å². The first kappa shape index (κ1) is 12.6. The van der Waals surface area contributed by atoms with Gasteiger partial charge in [-0.3, -0.25) is 0 Å². The topological polar surface area (TPSA) is 12.0 Å². The summed E-state index contributed by atoms with van der Waals surface area (Å²) in [6.07, 6.45) is 5.99. The maximum absolute atomic E-state index is 3.08. The van der Waals surface area contributed by atoms with Gasteiger partial charge in [-0.15, -0.1) is 0 Å². The molecule has 0 radical (unpaired) electrons. The van der Waals surface area contributed by atoms with Gasteiger partial charge in [0.25, 0.3) is 0 Å². The molecule has 0 aliphatic heterocycles. The third kappa shape index (κ3) is 6.74. The molecule has 1 N–H and O–H groups in total. The van der Waals surface area contributed by atoms with Crippen molar-refractivity contribution >= 4 is 7.85 Å². The Morgan fingerprint density at radius 1 is 1.38 bits per heavy atom. The quantitative estimate of drug-likeness (QED) is 0.619. The van der Waals surface area contributed by atoms with Crippen molar-refractivity contribution in [3.8, 4) is 0 Å². The SMILES string of the molecule is B/C(=C\NC)CC(C)C[C@@H](C)CC. The van der Waals surface area contributed by atoms with Gasteiger partial charge in [0.2, 0.25) is 0 Å². The van der Waals surface area contributed by atoms with Crippen LogP contribution in [0, 0.1) is 11.8 Å². The van der Waals surface area contributed by atoms with Crippen LogP contribution in [0.25, 0.3) is 0 Å². The van der Waals surface area contributed by atoms with Crippen LogP contribution in [0.3, 0.4) is 0 Å². The normalized spacial score (nSPS) is 16.8. The molecule has 0 aliphatic rings. The molecule has 0 aromatic heterocycles. The molecule has 2 heteroatoms. The van der Waals surface area contributed by atoms with Gasteiger partial charge in [0.05, 0.1) is 0 Å². The van der Waals surface area contributed by atoms with Crippen LogP contribution in [-0.4, -0.2) is 14.9 Å². The molecule has 0 rings (SSSR count). The Balaban J connectivity index is 3.73. The molecule has 2 atom stereocenters. The van der Waals surface area contributed by atoms with Crippen LogP contribution in [0.1, 0.15) is 40.0 Å². The zero-order valence-electron chi connectivity index (χ0n) is 9.85. The molecule has 0 saturated carbocycles. The highest BCUT2D eigenvalue weighted by Crippen LogP contribution is 2.19. The van der Waals surface area contributed by atoms with Gasteiger partial charge in [-0.05, 0) is 30.9 Å². The van der Waals surface area contributed by atoms with Crippen LogP contribution in [-0.2, 0) is 0 Å². The molecule has 0 aromatic carbocycles. The van der Waals surface area contributed by atoms with Crippen LogP contribution in [0.4, 0.5) is 0 Å². The first-order chi connectivity index (χ1) is 6.10. The van der Waals surface area contributed by atoms with E-state index in [-0.39, 0.29) is 0 Å². The third-order valence-electron chi connectivity index (χ3n) is 2.56. The van der Waals surface area contributed by atoms with Gasteiger partial charge in [0.1, 0.15) is 7.85 Å². The van der Waals surface area contributed by atoms with Crippen LogP contribution >= 0.6 is 0 Å². The van der Waals surface area contributed by atoms with Gasteiger partial charge in [0, 0.05) is 7.05 Å². The first-order valence-electron chi connectivity index (χ1n) is 5.43. The minimum Gasteiger partial charge on any atom is -0.395 e. The molecular formula is C11H24BN. The maximum Gasteiger partial charge on any atom is 0.135 e. The van der Waals surface area contributed by atoms with Crippen molar-refractivity contribution in [2.75, 3.05) is 7.05 Å². The smallest absolute Gasteiger partial charge is 0.135 e. The molecule has 0 aliphatic carbocycles. The van der Waals surface area contributed by atoms with E-state index in [4.69, 9.17) is 0 Å². The van der Waals surface area contributed by atoms with Gasteiger partial charge in [-0.2, -0.15) is 0 Å². The summed E-state index contributed by atoms with van der Waals surface area (Å²) in [5.74, 6) is 1.69. The number of nitrogens with one attached hydrogen (secondary N) is 1. The predicted molar refractivity (Wildman–Crippen MR) is 63.5 cm³/mol. The average molecular weight is 181 g/mol. The van der Waals surface area contributed by atoms with E-state index in [1.807, 2.05) is 7.05 Å². The molecule has 76 valence electrons. The van der Waals surface area contributed by atoms with Crippen molar-refractivity contribution in [3.05, 3.63) is 11.7 Å². The van der Waals surface area contributed by atoms with E-state index in [0.717, 1.165) is 11.8 Å². The zero-order valence-corrected chi connectivity index (χ0v) is 9.85. The Labute approximate surface area is 84.4 Å². The number of allylic oxidation sites excluding steroid dienone is 1. The molecule has 0 aromatic rings. The Bertz CT molecular complexity index is 154. The highest BCUT2D eigenvalue weighted by molar-refractivity contribution is 6.21. The molecule has 0 spiro atoms. The number of rotatable bonds is 6. The average Bonchev–Trinajstić information content (AvgIpc) is 2.04. The lowest BCUT2D eigenvalue weighted by Gasteiger charge is -2.16. The third-order valence-corrected chi connectivity index (χ3v) is 2.56. The lowest BCUT2D eigenvalue weighted by Crippen LogP contribution is -2.05. The summed E-state index contributed by atoms with van der Waals surface area (Å²) >= 11 is 0. The lowest BCUT2D eigenvalue weighted by atomic mass is 9.84. The fourth-order valence-electron chi connectivity index (χ4n) is 1.79. The first-order valence-corrected chi connectivity index (χ1v) is 5.43. The summed E-state index contributed by atoms with van der Waals surface area (Å²) in [6.45, 7) is 6.96. The minimum atomic E-state index is 0.819. The van der Waals surface area contributed by atoms with Crippen LogP contribution in [0.2, 0.25) is 0 Å². The zero-order chi connectivity index (χ0) is 10.3. The summed E-state index contributed by atoms with van der Waals surface area (Å²) in [5, 5.41) is 3.08. The van der Waals surface area contributed by atoms with E-state index in [0.29, 0.717) is 0 Å². The van der Waals surface area contributed by atoms with E-state index < -0.39 is 0 Å². The molecular weight excluding hydrogens is 157 g/mol. The molecule has 1 nitrogen and oxygen atoms in total. The van der Waals surface area contributed by atoms with Gasteiger partial charge in [-0.1, -0.05) is 32.7 Å². The van der Waals surface area contributed by atoms with E-state index in [9.17, 15) is 0 Å². The van der Waals surface area contributed by atoms with Gasteiger partial charge >= 0.3 is 0 Å². The van der Waals surface area contributed by atoms with Gasteiger partial charge in [-0.25, -0.2) is 0 Å². The highest BCUT2D eigenvalue weighted by atomic mass is 14.8. The van der Waals surface area contributed by atoms with Crippen molar-refractivity contribution in [1.29, 1.82) is 0 Å². The highest BCUT2D eigenvalue weighted by Gasteiger charge is 2.07. The van der Waals surface area contributed by atoms with Crippen molar-refractivity contribution in [2.24, 2.45) is 11.8 Å². The monoisotopic (exact) mass is 181 g/mol. The summed E-state index contributed by atoms with van der Waals surface area (Å²) in [7, 11) is 4.16. The molecule has 0 fully saturated rings. The summed E-state index contributed by atoms with van der Waals surface area (Å²) in [6, 6.07) is 0. The predicted octanol–water partition coefficient (Wildman–Crippen LogP) is 2.14. The standard InChI is InChI=1S/C11H24BN/c1-5-9(2)6-10(3)7-11(12)8-13-4/h8-10,13H,5-7,12H2,1-4H3/b11-8-/t9-,10?/m0/s1. The second-order valence-corrected chi connectivity index (χ2v) is 4.34. The summed E-state index contributed by atoms with van der Waals surface area (Å²) in [4.78, 5) is 0. The van der Waals surface area contributed by atoms with Crippen molar-refractivity contribution < 1.29 is 0 Å². The molecule has 0 heterocycles. The summed E-state index contributed by atoms with van der Waals surface area (Å²) < 4.78 is 0. The molecule has 0 bridgehead atoms. The largest absolute Gasteiger partial charge is 0.395 e. The van der Waals surface area contributed by atoms with Crippen molar-refractivity contribution in [2.45, 2.75) is 40.0 Å². The van der Waals surface area contributed by atoms with E-state index in [1.54, 1.807) is 0 Å². The fraction of sp³-hybridized carbons (Fsp3) is 0.818. The Hall–Kier alpha value is -0.395. The van der Waals surface area contributed by atoms with Crippen LogP contribution < -0.4 is 5.32 Å². The van der Waals surface area contributed by atoms with E-state index in [2.05, 4.69) is 40.1 Å². The number of hydrogen-bond donors (Lipinski definition) is 1. The fourth-order valence-corrected chi connectivity index (χ4v) is 1.79. The second kappa shape index (κ2) is 7.05.